The molecule has 126 valence electrons. The number of unbranched alkanes of at least 4 members (excludes halogenated alkanes) is 1. The molecular weight excluding hydrogens is 272 g/mol. The molecule has 0 aliphatic rings. The molecule has 1 rings (SSSR count). The Morgan fingerprint density at radius 1 is 0.909 bits per heavy atom. The van der Waals surface area contributed by atoms with Crippen molar-refractivity contribution in [3.63, 3.8) is 0 Å². The number of aryl methyl sites for hydroxylation is 1. The van der Waals surface area contributed by atoms with Crippen LogP contribution in [0.4, 0.5) is 0 Å². The Balaban J connectivity index is 2.55. The molecule has 1 aromatic rings. The minimum absolute atomic E-state index is 0.366. The van der Waals surface area contributed by atoms with E-state index in [1.807, 2.05) is 14.1 Å². The van der Waals surface area contributed by atoms with Gasteiger partial charge >= 0.3 is 0 Å². The lowest BCUT2D eigenvalue weighted by Crippen LogP contribution is -2.37. The van der Waals surface area contributed by atoms with Gasteiger partial charge in [-0.2, -0.15) is 0 Å². The maximum atomic E-state index is 3.63. The first-order chi connectivity index (χ1) is 10.8. The van der Waals surface area contributed by atoms with Gasteiger partial charge < -0.3 is 21.3 Å². The number of benzene rings is 1. The molecule has 0 aliphatic carbocycles. The highest BCUT2D eigenvalue weighted by Crippen LogP contribution is 2.14. The van der Waals surface area contributed by atoms with Gasteiger partial charge in [-0.05, 0) is 38.1 Å². The average Bonchev–Trinajstić information content (AvgIpc) is 2.56. The van der Waals surface area contributed by atoms with Crippen molar-refractivity contribution in [2.45, 2.75) is 32.2 Å². The van der Waals surface area contributed by atoms with Gasteiger partial charge in [0, 0.05) is 38.8 Å². The Kier molecular flexibility index (Phi) is 10.9. The van der Waals surface area contributed by atoms with Crippen LogP contribution in [0.2, 0.25) is 0 Å². The van der Waals surface area contributed by atoms with Crippen LogP contribution in [0.15, 0.2) is 24.3 Å². The van der Waals surface area contributed by atoms with Gasteiger partial charge in [0.15, 0.2) is 0 Å². The number of likely N-dealkylation sites (N-methyl/N-ethyl adjacent to an activating group) is 2. The minimum atomic E-state index is 0.366. The molecule has 1 aromatic carbocycles. The molecule has 4 heteroatoms. The molecule has 0 saturated carbocycles. The van der Waals surface area contributed by atoms with Crippen molar-refractivity contribution in [1.82, 2.24) is 21.3 Å². The van der Waals surface area contributed by atoms with E-state index in [2.05, 4.69) is 52.5 Å². The lowest BCUT2D eigenvalue weighted by Gasteiger charge is -2.20. The first-order valence-electron chi connectivity index (χ1n) is 8.64. The SMILES string of the molecule is CCCCc1ccc(C(CNCCNC)NCCNC)cc1. The lowest BCUT2D eigenvalue weighted by atomic mass is 10.0. The molecule has 4 N–H and O–H groups in total. The van der Waals surface area contributed by atoms with Crippen LogP contribution in [0.3, 0.4) is 0 Å². The minimum Gasteiger partial charge on any atom is -0.318 e. The van der Waals surface area contributed by atoms with Crippen LogP contribution >= 0.6 is 0 Å². The zero-order chi connectivity index (χ0) is 16.0. The number of nitrogens with one attached hydrogen (secondary N) is 4. The highest BCUT2D eigenvalue weighted by atomic mass is 15.0. The van der Waals surface area contributed by atoms with E-state index < -0.39 is 0 Å². The molecule has 0 spiro atoms. The van der Waals surface area contributed by atoms with Crippen molar-refractivity contribution in [2.75, 3.05) is 46.8 Å². The van der Waals surface area contributed by atoms with Crippen LogP contribution in [-0.4, -0.2) is 46.8 Å². The van der Waals surface area contributed by atoms with Gasteiger partial charge in [-0.25, -0.2) is 0 Å². The van der Waals surface area contributed by atoms with Gasteiger partial charge in [0.25, 0.3) is 0 Å². The van der Waals surface area contributed by atoms with Crippen molar-refractivity contribution < 1.29 is 0 Å². The molecule has 0 amide bonds. The highest BCUT2D eigenvalue weighted by Gasteiger charge is 2.10. The third kappa shape index (κ3) is 7.90. The smallest absolute Gasteiger partial charge is 0.0447 e. The number of hydrogen-bond acceptors (Lipinski definition) is 4. The van der Waals surface area contributed by atoms with Crippen LogP contribution in [0.25, 0.3) is 0 Å². The molecule has 0 radical (unpaired) electrons. The summed E-state index contributed by atoms with van der Waals surface area (Å²) in [6.45, 7) is 7.16. The van der Waals surface area contributed by atoms with Crippen molar-refractivity contribution in [2.24, 2.45) is 0 Å². The summed E-state index contributed by atoms with van der Waals surface area (Å²) in [5.74, 6) is 0. The fraction of sp³-hybridized carbons (Fsp3) is 0.667. The standard InChI is InChI=1S/C18H34N4/c1-4-5-6-16-7-9-17(10-8-16)18(22-14-12-20-3)15-21-13-11-19-2/h7-10,18-22H,4-6,11-15H2,1-3H3. The van der Waals surface area contributed by atoms with Gasteiger partial charge in [0.1, 0.15) is 0 Å². The summed E-state index contributed by atoms with van der Waals surface area (Å²) < 4.78 is 0. The molecule has 0 aromatic heterocycles. The van der Waals surface area contributed by atoms with Crippen molar-refractivity contribution in [3.05, 3.63) is 35.4 Å². The van der Waals surface area contributed by atoms with Crippen LogP contribution in [0, 0.1) is 0 Å². The van der Waals surface area contributed by atoms with E-state index in [9.17, 15) is 0 Å². The normalized spacial score (nSPS) is 12.5. The quantitative estimate of drug-likeness (QED) is 0.419. The van der Waals surface area contributed by atoms with E-state index >= 15 is 0 Å². The van der Waals surface area contributed by atoms with Gasteiger partial charge in [0.05, 0.1) is 0 Å². The summed E-state index contributed by atoms with van der Waals surface area (Å²) in [5, 5.41) is 13.5. The Morgan fingerprint density at radius 2 is 1.59 bits per heavy atom. The average molecular weight is 306 g/mol. The second-order valence-electron chi connectivity index (χ2n) is 5.76. The van der Waals surface area contributed by atoms with Gasteiger partial charge in [-0.3, -0.25) is 0 Å². The van der Waals surface area contributed by atoms with Gasteiger partial charge in [0.2, 0.25) is 0 Å². The first kappa shape index (κ1) is 19.1. The summed E-state index contributed by atoms with van der Waals surface area (Å²) in [7, 11) is 3.98. The van der Waals surface area contributed by atoms with Crippen LogP contribution in [-0.2, 0) is 6.42 Å². The van der Waals surface area contributed by atoms with Gasteiger partial charge in [-0.15, -0.1) is 0 Å². The molecule has 1 atom stereocenters. The first-order valence-corrected chi connectivity index (χ1v) is 8.64. The second kappa shape index (κ2) is 12.6. The molecular formula is C18H34N4. The van der Waals surface area contributed by atoms with Crippen LogP contribution < -0.4 is 21.3 Å². The molecule has 22 heavy (non-hydrogen) atoms. The summed E-state index contributed by atoms with van der Waals surface area (Å²) in [6, 6.07) is 9.49. The fourth-order valence-electron chi connectivity index (χ4n) is 2.44. The lowest BCUT2D eigenvalue weighted by molar-refractivity contribution is 0.485. The van der Waals surface area contributed by atoms with Crippen molar-refractivity contribution >= 4 is 0 Å². The van der Waals surface area contributed by atoms with E-state index in [-0.39, 0.29) is 0 Å². The fourth-order valence-corrected chi connectivity index (χ4v) is 2.44. The van der Waals surface area contributed by atoms with E-state index in [1.54, 1.807) is 0 Å². The molecule has 0 saturated heterocycles. The zero-order valence-electron chi connectivity index (χ0n) is 14.5. The maximum absolute atomic E-state index is 3.63. The highest BCUT2D eigenvalue weighted by molar-refractivity contribution is 5.25. The Labute approximate surface area is 136 Å². The second-order valence-corrected chi connectivity index (χ2v) is 5.76. The van der Waals surface area contributed by atoms with Gasteiger partial charge in [-0.1, -0.05) is 37.6 Å². The topological polar surface area (TPSA) is 48.1 Å². The number of rotatable bonds is 13. The zero-order valence-corrected chi connectivity index (χ0v) is 14.5. The Morgan fingerprint density at radius 3 is 2.23 bits per heavy atom. The third-order valence-corrected chi connectivity index (χ3v) is 3.87. The molecule has 0 heterocycles. The van der Waals surface area contributed by atoms with E-state index in [0.717, 1.165) is 32.7 Å². The summed E-state index contributed by atoms with van der Waals surface area (Å²) >= 11 is 0. The molecule has 4 nitrogen and oxygen atoms in total. The van der Waals surface area contributed by atoms with Crippen LogP contribution in [0.1, 0.15) is 36.9 Å². The molecule has 1 unspecified atom stereocenters. The monoisotopic (exact) mass is 306 g/mol. The maximum Gasteiger partial charge on any atom is 0.0447 e. The third-order valence-electron chi connectivity index (χ3n) is 3.87. The Hall–Kier alpha value is -0.940. The molecule has 0 bridgehead atoms. The predicted octanol–water partition coefficient (Wildman–Crippen LogP) is 1.69. The van der Waals surface area contributed by atoms with Crippen molar-refractivity contribution in [1.29, 1.82) is 0 Å². The Bertz CT molecular complexity index is 364. The molecule has 0 aliphatic heterocycles. The molecule has 0 fully saturated rings. The van der Waals surface area contributed by atoms with E-state index in [4.69, 9.17) is 0 Å². The summed E-state index contributed by atoms with van der Waals surface area (Å²) in [6.07, 6.45) is 3.72. The predicted molar refractivity (Wildman–Crippen MR) is 96.5 cm³/mol. The van der Waals surface area contributed by atoms with Crippen LogP contribution in [0.5, 0.6) is 0 Å². The van der Waals surface area contributed by atoms with E-state index in [0.29, 0.717) is 6.04 Å². The van der Waals surface area contributed by atoms with E-state index in [1.165, 1.54) is 30.4 Å². The van der Waals surface area contributed by atoms with Crippen molar-refractivity contribution in [3.8, 4) is 0 Å². The summed E-state index contributed by atoms with van der Waals surface area (Å²) in [5.41, 5.74) is 2.82. The summed E-state index contributed by atoms with van der Waals surface area (Å²) in [4.78, 5) is 0. The number of hydrogen-bond donors (Lipinski definition) is 4. The largest absolute Gasteiger partial charge is 0.318 e.